The first-order valence-corrected chi connectivity index (χ1v) is 6.27. The maximum absolute atomic E-state index is 12.3. The molecular formula is C12H11F3N2OS. The van der Waals surface area contributed by atoms with E-state index in [0.717, 1.165) is 5.69 Å². The van der Waals surface area contributed by atoms with E-state index in [-0.39, 0.29) is 11.3 Å². The molecule has 1 heterocycles. The van der Waals surface area contributed by atoms with E-state index in [1.165, 1.54) is 29.5 Å². The van der Waals surface area contributed by atoms with Gasteiger partial charge in [0.05, 0.1) is 6.04 Å². The summed E-state index contributed by atoms with van der Waals surface area (Å²) in [6.45, 7) is 1.80. The van der Waals surface area contributed by atoms with Crippen molar-refractivity contribution in [3.63, 3.8) is 0 Å². The van der Waals surface area contributed by atoms with Gasteiger partial charge in [0.2, 0.25) is 0 Å². The van der Waals surface area contributed by atoms with Crippen molar-refractivity contribution in [3.05, 3.63) is 45.9 Å². The van der Waals surface area contributed by atoms with Crippen molar-refractivity contribution < 1.29 is 17.9 Å². The predicted molar refractivity (Wildman–Crippen MR) is 66.0 cm³/mol. The van der Waals surface area contributed by atoms with E-state index >= 15 is 0 Å². The van der Waals surface area contributed by atoms with Crippen LogP contribution in [0.15, 0.2) is 29.6 Å². The quantitative estimate of drug-likeness (QED) is 0.941. The SMILES string of the molecule is Cc1csc(C(N)c2ccccc2OC(F)(F)F)n1. The monoisotopic (exact) mass is 288 g/mol. The molecule has 1 unspecified atom stereocenters. The molecule has 0 bridgehead atoms. The van der Waals surface area contributed by atoms with Crippen LogP contribution in [0.3, 0.4) is 0 Å². The van der Waals surface area contributed by atoms with E-state index in [1.807, 2.05) is 0 Å². The minimum atomic E-state index is -4.74. The van der Waals surface area contributed by atoms with Crippen molar-refractivity contribution in [2.75, 3.05) is 0 Å². The predicted octanol–water partition coefficient (Wildman–Crippen LogP) is 3.40. The third kappa shape index (κ3) is 3.45. The Kier molecular flexibility index (Phi) is 3.77. The first-order valence-electron chi connectivity index (χ1n) is 5.39. The summed E-state index contributed by atoms with van der Waals surface area (Å²) in [4.78, 5) is 4.18. The van der Waals surface area contributed by atoms with Crippen molar-refractivity contribution in [1.29, 1.82) is 0 Å². The number of hydrogen-bond acceptors (Lipinski definition) is 4. The summed E-state index contributed by atoms with van der Waals surface area (Å²) < 4.78 is 40.9. The molecule has 7 heteroatoms. The summed E-state index contributed by atoms with van der Waals surface area (Å²) in [5, 5.41) is 2.35. The van der Waals surface area contributed by atoms with E-state index in [4.69, 9.17) is 5.73 Å². The van der Waals surface area contributed by atoms with Gasteiger partial charge >= 0.3 is 6.36 Å². The van der Waals surface area contributed by atoms with Gasteiger partial charge in [-0.05, 0) is 13.0 Å². The molecule has 0 saturated carbocycles. The Bertz CT molecular complexity index is 568. The van der Waals surface area contributed by atoms with Gasteiger partial charge in [0.1, 0.15) is 10.8 Å². The molecule has 102 valence electrons. The molecule has 2 rings (SSSR count). The smallest absolute Gasteiger partial charge is 0.405 e. The first kappa shape index (κ1) is 13.8. The third-order valence-corrected chi connectivity index (χ3v) is 3.43. The average molecular weight is 288 g/mol. The van der Waals surface area contributed by atoms with Crippen molar-refractivity contribution in [3.8, 4) is 5.75 Å². The summed E-state index contributed by atoms with van der Waals surface area (Å²) in [5.74, 6) is -0.296. The molecule has 1 aromatic heterocycles. The second-order valence-electron chi connectivity index (χ2n) is 3.89. The van der Waals surface area contributed by atoms with Crippen LogP contribution in [0.5, 0.6) is 5.75 Å². The molecule has 2 N–H and O–H groups in total. The highest BCUT2D eigenvalue weighted by Crippen LogP contribution is 2.33. The van der Waals surface area contributed by atoms with Crippen molar-refractivity contribution in [2.24, 2.45) is 5.73 Å². The molecule has 1 atom stereocenters. The van der Waals surface area contributed by atoms with Gasteiger partial charge in [0.15, 0.2) is 0 Å². The molecule has 0 radical (unpaired) electrons. The van der Waals surface area contributed by atoms with Gasteiger partial charge in [-0.15, -0.1) is 24.5 Å². The Balaban J connectivity index is 2.34. The lowest BCUT2D eigenvalue weighted by Crippen LogP contribution is -2.20. The molecule has 0 aliphatic carbocycles. The lowest BCUT2D eigenvalue weighted by molar-refractivity contribution is -0.274. The molecule has 19 heavy (non-hydrogen) atoms. The van der Waals surface area contributed by atoms with Crippen LogP contribution >= 0.6 is 11.3 Å². The van der Waals surface area contributed by atoms with Crippen LogP contribution in [-0.4, -0.2) is 11.3 Å². The summed E-state index contributed by atoms with van der Waals surface area (Å²) in [6, 6.07) is 5.08. The van der Waals surface area contributed by atoms with Crippen LogP contribution in [0, 0.1) is 6.92 Å². The maximum Gasteiger partial charge on any atom is 0.573 e. The summed E-state index contributed by atoms with van der Waals surface area (Å²) in [7, 11) is 0. The summed E-state index contributed by atoms with van der Waals surface area (Å²) >= 11 is 1.31. The Morgan fingerprint density at radius 2 is 2.00 bits per heavy atom. The van der Waals surface area contributed by atoms with Gasteiger partial charge in [-0.3, -0.25) is 0 Å². The molecule has 1 aromatic carbocycles. The average Bonchev–Trinajstić information content (AvgIpc) is 2.74. The number of ether oxygens (including phenoxy) is 1. The molecule has 0 aliphatic rings. The summed E-state index contributed by atoms with van der Waals surface area (Å²) in [5.41, 5.74) is 6.99. The molecule has 0 aliphatic heterocycles. The Labute approximate surface area is 111 Å². The van der Waals surface area contributed by atoms with Gasteiger partial charge in [0, 0.05) is 16.6 Å². The van der Waals surface area contributed by atoms with Crippen molar-refractivity contribution in [2.45, 2.75) is 19.3 Å². The van der Waals surface area contributed by atoms with Gasteiger partial charge in [-0.1, -0.05) is 18.2 Å². The fraction of sp³-hybridized carbons (Fsp3) is 0.250. The standard InChI is InChI=1S/C12H11F3N2OS/c1-7-6-19-11(17-7)10(16)8-4-2-3-5-9(8)18-12(13,14)15/h2-6,10H,16H2,1H3. The van der Waals surface area contributed by atoms with Crippen LogP contribution in [-0.2, 0) is 0 Å². The first-order chi connectivity index (χ1) is 8.87. The largest absolute Gasteiger partial charge is 0.573 e. The minimum absolute atomic E-state index is 0.258. The fourth-order valence-corrected chi connectivity index (χ4v) is 2.42. The number of rotatable bonds is 3. The number of aryl methyl sites for hydroxylation is 1. The number of para-hydroxylation sites is 1. The number of benzene rings is 1. The van der Waals surface area contributed by atoms with Crippen LogP contribution in [0.1, 0.15) is 22.3 Å². The van der Waals surface area contributed by atoms with E-state index < -0.39 is 12.4 Å². The normalized spacial score (nSPS) is 13.3. The number of thiazole rings is 1. The van der Waals surface area contributed by atoms with Gasteiger partial charge < -0.3 is 10.5 Å². The van der Waals surface area contributed by atoms with E-state index in [0.29, 0.717) is 5.01 Å². The van der Waals surface area contributed by atoms with Crippen LogP contribution in [0.25, 0.3) is 0 Å². The number of hydrogen-bond donors (Lipinski definition) is 1. The third-order valence-electron chi connectivity index (χ3n) is 2.38. The molecule has 0 amide bonds. The van der Waals surface area contributed by atoms with Crippen molar-refractivity contribution in [1.82, 2.24) is 4.98 Å². The Hall–Kier alpha value is -1.60. The van der Waals surface area contributed by atoms with Gasteiger partial charge in [-0.2, -0.15) is 0 Å². The molecule has 2 aromatic rings. The molecular weight excluding hydrogens is 277 g/mol. The van der Waals surface area contributed by atoms with Gasteiger partial charge in [0.25, 0.3) is 0 Å². The van der Waals surface area contributed by atoms with E-state index in [1.54, 1.807) is 18.4 Å². The zero-order valence-corrected chi connectivity index (χ0v) is 10.8. The highest BCUT2D eigenvalue weighted by molar-refractivity contribution is 7.09. The molecule has 0 fully saturated rings. The minimum Gasteiger partial charge on any atom is -0.405 e. The number of alkyl halides is 3. The van der Waals surface area contributed by atoms with E-state index in [9.17, 15) is 13.2 Å². The Morgan fingerprint density at radius 1 is 1.32 bits per heavy atom. The summed E-state index contributed by atoms with van der Waals surface area (Å²) in [6.07, 6.45) is -4.74. The van der Waals surface area contributed by atoms with Crippen LogP contribution in [0.2, 0.25) is 0 Å². The zero-order chi connectivity index (χ0) is 14.0. The maximum atomic E-state index is 12.3. The van der Waals surface area contributed by atoms with Crippen LogP contribution < -0.4 is 10.5 Å². The van der Waals surface area contributed by atoms with E-state index in [2.05, 4.69) is 9.72 Å². The highest BCUT2D eigenvalue weighted by atomic mass is 32.1. The molecule has 0 saturated heterocycles. The second-order valence-corrected chi connectivity index (χ2v) is 4.78. The lowest BCUT2D eigenvalue weighted by Gasteiger charge is -2.16. The van der Waals surface area contributed by atoms with Gasteiger partial charge in [-0.25, -0.2) is 4.98 Å². The number of nitrogens with two attached hydrogens (primary N) is 1. The lowest BCUT2D eigenvalue weighted by atomic mass is 10.1. The topological polar surface area (TPSA) is 48.1 Å². The number of aromatic nitrogens is 1. The molecule has 3 nitrogen and oxygen atoms in total. The number of halogens is 3. The zero-order valence-electron chi connectivity index (χ0n) is 9.94. The second kappa shape index (κ2) is 5.18. The van der Waals surface area contributed by atoms with Crippen molar-refractivity contribution >= 4 is 11.3 Å². The molecule has 0 spiro atoms. The Morgan fingerprint density at radius 3 is 2.58 bits per heavy atom. The van der Waals surface area contributed by atoms with Crippen LogP contribution in [0.4, 0.5) is 13.2 Å². The number of nitrogens with zero attached hydrogens (tertiary/aromatic N) is 1. The fourth-order valence-electron chi connectivity index (χ4n) is 1.60. The highest BCUT2D eigenvalue weighted by Gasteiger charge is 2.33.